The van der Waals surface area contributed by atoms with Crippen LogP contribution in [0.3, 0.4) is 0 Å². The molecule has 2 rings (SSSR count). The van der Waals surface area contributed by atoms with Crippen LogP contribution in [0.5, 0.6) is 0 Å². The maximum Gasteiger partial charge on any atom is 0.335 e. The molecule has 0 radical (unpaired) electrons. The van der Waals surface area contributed by atoms with Crippen LogP contribution in [-0.2, 0) is 23.4 Å². The van der Waals surface area contributed by atoms with E-state index < -0.39 is 44.9 Å². The molecule has 0 saturated carbocycles. The highest BCUT2D eigenvalue weighted by atomic mass is 28.4. The number of carbonyl (C=O) groups excluding carboxylic acids is 1. The van der Waals surface area contributed by atoms with Crippen molar-refractivity contribution in [1.82, 2.24) is 10.2 Å². The van der Waals surface area contributed by atoms with Gasteiger partial charge in [-0.15, -0.1) is 0 Å². The van der Waals surface area contributed by atoms with Crippen LogP contribution in [0.15, 0.2) is 24.0 Å². The van der Waals surface area contributed by atoms with Gasteiger partial charge in [0, 0.05) is 19.0 Å². The van der Waals surface area contributed by atoms with Gasteiger partial charge in [-0.3, -0.25) is 4.90 Å². The fourth-order valence-corrected chi connectivity index (χ4v) is 4.27. The first kappa shape index (κ1) is 24.5. The highest BCUT2D eigenvalue weighted by Gasteiger charge is 2.55. The number of urea groups is 1. The monoisotopic (exact) mass is 442 g/mol. The maximum atomic E-state index is 12.6. The van der Waals surface area contributed by atoms with Crippen LogP contribution in [0.4, 0.5) is 4.79 Å². The Bertz CT molecular complexity index is 716. The van der Waals surface area contributed by atoms with E-state index in [4.69, 9.17) is 18.6 Å². The number of rotatable bonds is 8. The first-order valence-electron chi connectivity index (χ1n) is 9.94. The van der Waals surface area contributed by atoms with Gasteiger partial charge in [0.15, 0.2) is 20.6 Å². The molecule has 2 amide bonds. The molecule has 4 atom stereocenters. The van der Waals surface area contributed by atoms with Crippen LogP contribution < -0.4 is 5.32 Å². The molecule has 1 fully saturated rings. The van der Waals surface area contributed by atoms with Crippen LogP contribution in [0, 0.1) is 0 Å². The van der Waals surface area contributed by atoms with Crippen LogP contribution >= 0.6 is 0 Å². The zero-order chi connectivity index (χ0) is 22.9. The van der Waals surface area contributed by atoms with E-state index in [1.807, 2.05) is 13.1 Å². The number of aliphatic carboxylic acids is 1. The van der Waals surface area contributed by atoms with Crippen molar-refractivity contribution in [2.45, 2.75) is 70.4 Å². The number of methoxy groups -OCH3 is 1. The largest absolute Gasteiger partial charge is 0.479 e. The number of hydrogen-bond donors (Lipinski definition) is 2. The van der Waals surface area contributed by atoms with Gasteiger partial charge in [-0.25, -0.2) is 9.59 Å². The van der Waals surface area contributed by atoms with E-state index >= 15 is 0 Å². The lowest BCUT2D eigenvalue weighted by Crippen LogP contribution is -2.54. The average molecular weight is 443 g/mol. The summed E-state index contributed by atoms with van der Waals surface area (Å²) < 4.78 is 23.4. The molecule has 10 heteroatoms. The lowest BCUT2D eigenvalue weighted by atomic mass is 10.1. The van der Waals surface area contributed by atoms with Crippen LogP contribution in [-0.4, -0.2) is 75.2 Å². The molecule has 0 aliphatic carbocycles. The Hall–Kier alpha value is -1.72. The number of ether oxygens (including phenoxy) is 3. The first-order chi connectivity index (χ1) is 13.8. The van der Waals surface area contributed by atoms with Crippen molar-refractivity contribution in [3.63, 3.8) is 0 Å². The quantitative estimate of drug-likeness (QED) is 0.440. The van der Waals surface area contributed by atoms with Crippen molar-refractivity contribution >= 4 is 20.3 Å². The van der Waals surface area contributed by atoms with Gasteiger partial charge in [-0.2, -0.15) is 0 Å². The fourth-order valence-electron chi connectivity index (χ4n) is 2.98. The number of carbonyl (C=O) groups is 2. The summed E-state index contributed by atoms with van der Waals surface area (Å²) in [6.45, 7) is 16.4. The van der Waals surface area contributed by atoms with Gasteiger partial charge in [-0.05, 0) is 30.6 Å². The van der Waals surface area contributed by atoms with Crippen molar-refractivity contribution < 1.29 is 33.3 Å². The highest BCUT2D eigenvalue weighted by molar-refractivity contribution is 6.74. The molecule has 1 saturated heterocycles. The van der Waals surface area contributed by atoms with E-state index in [2.05, 4.69) is 32.7 Å². The smallest absolute Gasteiger partial charge is 0.335 e. The molecular weight excluding hydrogens is 408 g/mol. The average Bonchev–Trinajstić information content (AvgIpc) is 2.95. The Balaban J connectivity index is 2.42. The topological polar surface area (TPSA) is 107 Å². The Morgan fingerprint density at radius 3 is 2.50 bits per heavy atom. The molecule has 0 aromatic rings. The lowest BCUT2D eigenvalue weighted by molar-refractivity contribution is -0.155. The molecule has 170 valence electrons. The van der Waals surface area contributed by atoms with Gasteiger partial charge in [0.25, 0.3) is 0 Å². The Kier molecular flexibility index (Phi) is 7.52. The van der Waals surface area contributed by atoms with Gasteiger partial charge in [0.1, 0.15) is 12.2 Å². The number of nitrogens with zero attached hydrogens (tertiary/aromatic N) is 1. The van der Waals surface area contributed by atoms with Gasteiger partial charge in [0.05, 0.1) is 13.2 Å². The number of hydrogen-bond acceptors (Lipinski definition) is 6. The molecule has 2 heterocycles. The van der Waals surface area contributed by atoms with Gasteiger partial charge < -0.3 is 29.1 Å². The third kappa shape index (κ3) is 5.12. The standard InChI is InChI=1S/C20H34N2O7Si/c1-12-11-22(19(25)21-13(12)2)17-15(27-10-9-26-6)14(16(28-17)18(23)24)29-30(7,8)20(3,4)5/h11,14-17H,2,9-10H2,1,3-8H3,(H,21,25)(H,23,24)/t14?,15?,16-,17-/m0/s1. The minimum Gasteiger partial charge on any atom is -0.479 e. The summed E-state index contributed by atoms with van der Waals surface area (Å²) in [6.07, 6.45) is -2.34. The lowest BCUT2D eigenvalue weighted by Gasteiger charge is -2.40. The molecule has 0 aromatic carbocycles. The maximum absolute atomic E-state index is 12.6. The first-order valence-corrected chi connectivity index (χ1v) is 12.8. The zero-order valence-corrected chi connectivity index (χ0v) is 19.9. The SMILES string of the molecule is C=C1NC(=O)N([C@H]2O[C@H](C(=O)O)C(O[Si](C)(C)C(C)(C)C)C2OCCOC)C=C1C. The van der Waals surface area contributed by atoms with Crippen molar-refractivity contribution in [1.29, 1.82) is 0 Å². The normalized spacial score (nSPS) is 27.8. The Morgan fingerprint density at radius 1 is 1.33 bits per heavy atom. The number of nitrogens with one attached hydrogen (secondary N) is 1. The summed E-state index contributed by atoms with van der Waals surface area (Å²) in [4.78, 5) is 26.0. The van der Waals surface area contributed by atoms with Crippen LogP contribution in [0.1, 0.15) is 27.7 Å². The second kappa shape index (κ2) is 9.19. The van der Waals surface area contributed by atoms with E-state index in [0.29, 0.717) is 12.3 Å². The third-order valence-electron chi connectivity index (χ3n) is 5.84. The molecule has 2 aliphatic rings. The number of carboxylic acid groups (broad SMARTS) is 1. The second-order valence-corrected chi connectivity index (χ2v) is 13.8. The molecule has 2 aliphatic heterocycles. The predicted molar refractivity (Wildman–Crippen MR) is 113 cm³/mol. The minimum atomic E-state index is -2.37. The molecule has 0 spiro atoms. The summed E-state index contributed by atoms with van der Waals surface area (Å²) in [7, 11) is -0.824. The van der Waals surface area contributed by atoms with Gasteiger partial charge >= 0.3 is 12.0 Å². The molecular formula is C20H34N2O7Si. The summed E-state index contributed by atoms with van der Waals surface area (Å²) in [5.41, 5.74) is 1.21. The van der Waals surface area contributed by atoms with E-state index in [9.17, 15) is 14.7 Å². The van der Waals surface area contributed by atoms with Crippen molar-refractivity contribution in [3.05, 3.63) is 24.0 Å². The fraction of sp³-hybridized carbons (Fsp3) is 0.700. The van der Waals surface area contributed by atoms with Crippen molar-refractivity contribution in [2.75, 3.05) is 20.3 Å². The molecule has 2 N–H and O–H groups in total. The zero-order valence-electron chi connectivity index (χ0n) is 18.9. The number of amides is 2. The number of allylic oxidation sites excluding steroid dienone is 1. The molecule has 9 nitrogen and oxygen atoms in total. The minimum absolute atomic E-state index is 0.151. The van der Waals surface area contributed by atoms with Crippen LogP contribution in [0.2, 0.25) is 18.1 Å². The molecule has 0 aromatic heterocycles. The number of carboxylic acids is 1. The Labute approximate surface area is 179 Å². The van der Waals surface area contributed by atoms with E-state index in [-0.39, 0.29) is 11.6 Å². The Morgan fingerprint density at radius 2 is 1.97 bits per heavy atom. The second-order valence-electron chi connectivity index (χ2n) is 9.08. The van der Waals surface area contributed by atoms with Gasteiger partial charge in [0.2, 0.25) is 0 Å². The summed E-state index contributed by atoms with van der Waals surface area (Å²) in [5, 5.41) is 12.3. The van der Waals surface area contributed by atoms with E-state index in [1.165, 1.54) is 4.90 Å². The van der Waals surface area contributed by atoms with E-state index in [0.717, 1.165) is 5.57 Å². The highest BCUT2D eigenvalue weighted by Crippen LogP contribution is 2.41. The summed E-state index contributed by atoms with van der Waals surface area (Å²) in [6, 6.07) is -0.465. The molecule has 0 bridgehead atoms. The van der Waals surface area contributed by atoms with Crippen LogP contribution in [0.25, 0.3) is 0 Å². The van der Waals surface area contributed by atoms with Crippen molar-refractivity contribution in [3.8, 4) is 0 Å². The summed E-state index contributed by atoms with van der Waals surface area (Å²) >= 11 is 0. The third-order valence-corrected chi connectivity index (χ3v) is 10.3. The van der Waals surface area contributed by atoms with E-state index in [1.54, 1.807) is 20.2 Å². The molecule has 30 heavy (non-hydrogen) atoms. The van der Waals surface area contributed by atoms with Crippen molar-refractivity contribution in [2.24, 2.45) is 0 Å². The predicted octanol–water partition coefficient (Wildman–Crippen LogP) is 2.66. The summed E-state index contributed by atoms with van der Waals surface area (Å²) in [5.74, 6) is -1.16. The van der Waals surface area contributed by atoms with Gasteiger partial charge in [-0.1, -0.05) is 27.4 Å². The molecule has 2 unspecified atom stereocenters.